The molecule has 1 saturated carbocycles. The van der Waals surface area contributed by atoms with Gasteiger partial charge in [-0.15, -0.1) is 0 Å². The molecule has 0 spiro atoms. The topological polar surface area (TPSA) is 21.3 Å². The minimum atomic E-state index is -0.571. The minimum Gasteiger partial charge on any atom is -0.381 e. The Morgan fingerprint density at radius 2 is 1.95 bits per heavy atom. The summed E-state index contributed by atoms with van der Waals surface area (Å²) in [7, 11) is 0. The van der Waals surface area contributed by atoms with Crippen molar-refractivity contribution >= 4 is 28.9 Å². The van der Waals surface area contributed by atoms with E-state index in [1.54, 1.807) is 12.1 Å². The summed E-state index contributed by atoms with van der Waals surface area (Å²) >= 11 is 11.6. The Hall–Kier alpha value is -0.510. The standard InChI is InChI=1S/C15H20Cl2FNO/c1-4-15(3)12(8-13(15)20-5-2)19-9-6-10(16)14(18)11(17)7-9/h6-7,12-13,19H,4-5,8H2,1-3H3. The maximum Gasteiger partial charge on any atom is 0.160 e. The zero-order chi connectivity index (χ0) is 14.9. The molecule has 1 N–H and O–H groups in total. The molecule has 0 amide bonds. The normalized spacial score (nSPS) is 29.1. The average molecular weight is 320 g/mol. The number of benzene rings is 1. The maximum absolute atomic E-state index is 13.4. The second kappa shape index (κ2) is 6.08. The van der Waals surface area contributed by atoms with E-state index in [9.17, 15) is 4.39 Å². The van der Waals surface area contributed by atoms with E-state index in [2.05, 4.69) is 19.2 Å². The molecule has 1 aliphatic carbocycles. The molecule has 0 aliphatic heterocycles. The van der Waals surface area contributed by atoms with Gasteiger partial charge in [0.2, 0.25) is 0 Å². The fraction of sp³-hybridized carbons (Fsp3) is 0.600. The highest BCUT2D eigenvalue weighted by atomic mass is 35.5. The van der Waals surface area contributed by atoms with Crippen LogP contribution in [0.1, 0.15) is 33.6 Å². The van der Waals surface area contributed by atoms with E-state index in [0.717, 1.165) is 25.1 Å². The van der Waals surface area contributed by atoms with Crippen LogP contribution in [0.5, 0.6) is 0 Å². The van der Waals surface area contributed by atoms with Gasteiger partial charge in [0.25, 0.3) is 0 Å². The summed E-state index contributed by atoms with van der Waals surface area (Å²) in [5.74, 6) is -0.571. The van der Waals surface area contributed by atoms with Gasteiger partial charge in [0.05, 0.1) is 16.1 Å². The molecular formula is C15H20Cl2FNO. The highest BCUT2D eigenvalue weighted by Crippen LogP contribution is 2.47. The number of hydrogen-bond donors (Lipinski definition) is 1. The lowest BCUT2D eigenvalue weighted by Crippen LogP contribution is -2.59. The van der Waals surface area contributed by atoms with Crippen LogP contribution in [-0.2, 0) is 4.74 Å². The monoisotopic (exact) mass is 319 g/mol. The first-order valence-electron chi connectivity index (χ1n) is 6.95. The van der Waals surface area contributed by atoms with Crippen molar-refractivity contribution in [2.45, 2.75) is 45.8 Å². The summed E-state index contributed by atoms with van der Waals surface area (Å²) < 4.78 is 19.2. The molecule has 1 aromatic rings. The summed E-state index contributed by atoms with van der Waals surface area (Å²) in [6.07, 6.45) is 2.21. The van der Waals surface area contributed by atoms with E-state index in [-0.39, 0.29) is 27.6 Å². The minimum absolute atomic E-state index is 0.0406. The summed E-state index contributed by atoms with van der Waals surface area (Å²) in [5.41, 5.74) is 0.824. The Kier molecular flexibility index (Phi) is 4.83. The first-order valence-corrected chi connectivity index (χ1v) is 7.70. The van der Waals surface area contributed by atoms with E-state index < -0.39 is 5.82 Å². The molecule has 0 heterocycles. The molecule has 0 saturated heterocycles. The van der Waals surface area contributed by atoms with E-state index in [0.29, 0.717) is 0 Å². The predicted molar refractivity (Wildman–Crippen MR) is 82.3 cm³/mol. The van der Waals surface area contributed by atoms with Gasteiger partial charge >= 0.3 is 0 Å². The molecule has 2 rings (SSSR count). The smallest absolute Gasteiger partial charge is 0.160 e. The van der Waals surface area contributed by atoms with Gasteiger partial charge in [0, 0.05) is 23.8 Å². The maximum atomic E-state index is 13.4. The number of halogens is 3. The van der Waals surface area contributed by atoms with Crippen LogP contribution < -0.4 is 5.32 Å². The zero-order valence-corrected chi connectivity index (χ0v) is 13.5. The Balaban J connectivity index is 2.11. The van der Waals surface area contributed by atoms with Crippen molar-refractivity contribution in [1.29, 1.82) is 0 Å². The van der Waals surface area contributed by atoms with Crippen molar-refractivity contribution in [2.75, 3.05) is 11.9 Å². The van der Waals surface area contributed by atoms with Crippen LogP contribution >= 0.6 is 23.2 Å². The van der Waals surface area contributed by atoms with E-state index >= 15 is 0 Å². The van der Waals surface area contributed by atoms with Gasteiger partial charge in [-0.05, 0) is 31.9 Å². The van der Waals surface area contributed by atoms with Gasteiger partial charge in [-0.25, -0.2) is 4.39 Å². The molecule has 112 valence electrons. The molecule has 5 heteroatoms. The molecular weight excluding hydrogens is 300 g/mol. The SMILES string of the molecule is CCOC1CC(Nc2cc(Cl)c(F)c(Cl)c2)C1(C)CC. The lowest BCUT2D eigenvalue weighted by Gasteiger charge is -2.54. The quantitative estimate of drug-likeness (QED) is 0.759. The van der Waals surface area contributed by atoms with E-state index in [4.69, 9.17) is 27.9 Å². The van der Waals surface area contributed by atoms with Gasteiger partial charge in [0.15, 0.2) is 5.82 Å². The Bertz CT molecular complexity index is 474. The Morgan fingerprint density at radius 3 is 2.45 bits per heavy atom. The van der Waals surface area contributed by atoms with Crippen molar-refractivity contribution in [3.8, 4) is 0 Å². The van der Waals surface area contributed by atoms with Gasteiger partial charge in [-0.2, -0.15) is 0 Å². The first kappa shape index (κ1) is 15.9. The highest BCUT2D eigenvalue weighted by molar-refractivity contribution is 6.35. The molecule has 1 aliphatic rings. The summed E-state index contributed by atoms with van der Waals surface area (Å²) in [6, 6.07) is 3.43. The molecule has 0 aromatic heterocycles. The first-order chi connectivity index (χ1) is 9.42. The van der Waals surface area contributed by atoms with Crippen LogP contribution in [0, 0.1) is 11.2 Å². The van der Waals surface area contributed by atoms with Crippen LogP contribution in [0.4, 0.5) is 10.1 Å². The van der Waals surface area contributed by atoms with Crippen molar-refractivity contribution < 1.29 is 9.13 Å². The van der Waals surface area contributed by atoms with Gasteiger partial charge in [-0.3, -0.25) is 0 Å². The lowest BCUT2D eigenvalue weighted by atomic mass is 9.61. The summed E-state index contributed by atoms with van der Waals surface area (Å²) in [5, 5.41) is 3.48. The van der Waals surface area contributed by atoms with E-state index in [1.165, 1.54) is 0 Å². The molecule has 1 fully saturated rings. The number of rotatable bonds is 5. The second-order valence-corrected chi connectivity index (χ2v) is 6.30. The van der Waals surface area contributed by atoms with Crippen LogP contribution in [0.3, 0.4) is 0 Å². The largest absolute Gasteiger partial charge is 0.381 e. The highest BCUT2D eigenvalue weighted by Gasteiger charge is 2.51. The third kappa shape index (κ3) is 2.76. The zero-order valence-electron chi connectivity index (χ0n) is 12.0. The number of hydrogen-bond acceptors (Lipinski definition) is 2. The Morgan fingerprint density at radius 1 is 1.35 bits per heavy atom. The third-order valence-electron chi connectivity index (χ3n) is 4.44. The van der Waals surface area contributed by atoms with Gasteiger partial charge in [-0.1, -0.05) is 37.0 Å². The van der Waals surface area contributed by atoms with Crippen molar-refractivity contribution in [3.63, 3.8) is 0 Å². The van der Waals surface area contributed by atoms with Crippen molar-refractivity contribution in [2.24, 2.45) is 5.41 Å². The number of nitrogens with one attached hydrogen (secondary N) is 1. The van der Waals surface area contributed by atoms with Crippen molar-refractivity contribution in [1.82, 2.24) is 0 Å². The fourth-order valence-corrected chi connectivity index (χ4v) is 3.30. The fourth-order valence-electron chi connectivity index (χ4n) is 2.81. The molecule has 1 aromatic carbocycles. The molecule has 0 radical (unpaired) electrons. The molecule has 2 nitrogen and oxygen atoms in total. The second-order valence-electron chi connectivity index (χ2n) is 5.49. The summed E-state index contributed by atoms with van der Waals surface area (Å²) in [6.45, 7) is 7.10. The molecule has 3 atom stereocenters. The predicted octanol–water partition coefficient (Wildman–Crippen LogP) is 5.14. The average Bonchev–Trinajstić information content (AvgIpc) is 2.42. The number of anilines is 1. The lowest BCUT2D eigenvalue weighted by molar-refractivity contribution is -0.109. The van der Waals surface area contributed by atoms with Gasteiger partial charge < -0.3 is 10.1 Å². The molecule has 20 heavy (non-hydrogen) atoms. The van der Waals surface area contributed by atoms with Crippen LogP contribution in [-0.4, -0.2) is 18.8 Å². The molecule has 3 unspecified atom stereocenters. The summed E-state index contributed by atoms with van der Waals surface area (Å²) in [4.78, 5) is 0. The van der Waals surface area contributed by atoms with Gasteiger partial charge in [0.1, 0.15) is 0 Å². The Labute approximate surface area is 129 Å². The van der Waals surface area contributed by atoms with Crippen molar-refractivity contribution in [3.05, 3.63) is 28.0 Å². The van der Waals surface area contributed by atoms with Crippen LogP contribution in [0.25, 0.3) is 0 Å². The third-order valence-corrected chi connectivity index (χ3v) is 4.99. The van der Waals surface area contributed by atoms with Crippen LogP contribution in [0.15, 0.2) is 12.1 Å². The van der Waals surface area contributed by atoms with E-state index in [1.807, 2.05) is 6.92 Å². The number of ether oxygens (including phenoxy) is 1. The van der Waals surface area contributed by atoms with Crippen LogP contribution in [0.2, 0.25) is 10.0 Å². The molecule has 0 bridgehead atoms.